The lowest BCUT2D eigenvalue weighted by atomic mass is 10.1. The largest absolute Gasteiger partial charge is 0.493 e. The maximum absolute atomic E-state index is 9.05. The van der Waals surface area contributed by atoms with Crippen molar-refractivity contribution >= 4 is 11.8 Å². The van der Waals surface area contributed by atoms with E-state index in [2.05, 4.69) is 6.07 Å². The van der Waals surface area contributed by atoms with Gasteiger partial charge in [-0.25, -0.2) is 0 Å². The molecule has 4 nitrogen and oxygen atoms in total. The van der Waals surface area contributed by atoms with Crippen LogP contribution in [0.25, 0.3) is 0 Å². The standard InChI is InChI=1S/C14H17NO3S/c1-16-12-6-10(5-11(8-15)9-19-4)7-13(17-2)14(12)18-3/h6-7,9H,5H2,1-4H3/b11-9-. The molecule has 0 saturated carbocycles. The predicted molar refractivity (Wildman–Crippen MR) is 77.0 cm³/mol. The predicted octanol–water partition coefficient (Wildman–Crippen LogP) is 3.03. The van der Waals surface area contributed by atoms with Gasteiger partial charge in [-0.2, -0.15) is 5.26 Å². The van der Waals surface area contributed by atoms with Crippen LogP contribution >= 0.6 is 11.8 Å². The smallest absolute Gasteiger partial charge is 0.203 e. The summed E-state index contributed by atoms with van der Waals surface area (Å²) in [5.41, 5.74) is 1.64. The minimum atomic E-state index is 0.536. The number of allylic oxidation sites excluding steroid dienone is 1. The molecule has 0 aromatic heterocycles. The summed E-state index contributed by atoms with van der Waals surface area (Å²) in [6, 6.07) is 5.89. The molecule has 0 atom stereocenters. The Hall–Kier alpha value is -1.80. The van der Waals surface area contributed by atoms with Crippen molar-refractivity contribution in [2.45, 2.75) is 6.42 Å². The zero-order chi connectivity index (χ0) is 14.3. The molecular formula is C14H17NO3S. The highest BCUT2D eigenvalue weighted by Crippen LogP contribution is 2.38. The maximum atomic E-state index is 9.05. The lowest BCUT2D eigenvalue weighted by molar-refractivity contribution is 0.324. The number of nitrogens with zero attached hydrogens (tertiary/aromatic N) is 1. The Bertz CT molecular complexity index is 481. The lowest BCUT2D eigenvalue weighted by Crippen LogP contribution is -1.98. The van der Waals surface area contributed by atoms with Crippen molar-refractivity contribution in [1.29, 1.82) is 5.26 Å². The van der Waals surface area contributed by atoms with Crippen LogP contribution in [0.1, 0.15) is 5.56 Å². The first-order valence-electron chi connectivity index (χ1n) is 5.61. The van der Waals surface area contributed by atoms with Gasteiger partial charge in [0.05, 0.1) is 27.4 Å². The first-order chi connectivity index (χ1) is 9.19. The third-order valence-electron chi connectivity index (χ3n) is 2.52. The Labute approximate surface area is 118 Å². The molecule has 0 radical (unpaired) electrons. The molecule has 0 bridgehead atoms. The number of rotatable bonds is 6. The molecule has 0 aliphatic carbocycles. The molecule has 19 heavy (non-hydrogen) atoms. The Kier molecular flexibility index (Phi) is 6.10. The molecule has 1 aromatic rings. The van der Waals surface area contributed by atoms with Crippen molar-refractivity contribution in [3.63, 3.8) is 0 Å². The van der Waals surface area contributed by atoms with E-state index in [0.717, 1.165) is 5.56 Å². The van der Waals surface area contributed by atoms with Crippen LogP contribution in [0.2, 0.25) is 0 Å². The molecular weight excluding hydrogens is 262 g/mol. The van der Waals surface area contributed by atoms with Crippen LogP contribution in [-0.4, -0.2) is 27.6 Å². The van der Waals surface area contributed by atoms with Crippen LogP contribution in [0.15, 0.2) is 23.1 Å². The zero-order valence-electron chi connectivity index (χ0n) is 11.5. The average Bonchev–Trinajstić information content (AvgIpc) is 2.45. The second-order valence-corrected chi connectivity index (χ2v) is 4.41. The summed E-state index contributed by atoms with van der Waals surface area (Å²) < 4.78 is 15.8. The van der Waals surface area contributed by atoms with Gasteiger partial charge >= 0.3 is 0 Å². The van der Waals surface area contributed by atoms with Gasteiger partial charge in [-0.05, 0) is 29.4 Å². The van der Waals surface area contributed by atoms with Crippen molar-refractivity contribution in [3.05, 3.63) is 28.7 Å². The fraction of sp³-hybridized carbons (Fsp3) is 0.357. The SMILES string of the molecule is COc1cc(C/C(C#N)=C/SC)cc(OC)c1OC. The second kappa shape index (κ2) is 7.59. The summed E-state index contributed by atoms with van der Waals surface area (Å²) in [6.07, 6.45) is 2.46. The fourth-order valence-corrected chi connectivity index (χ4v) is 2.13. The molecule has 0 amide bonds. The Morgan fingerprint density at radius 2 is 1.79 bits per heavy atom. The van der Waals surface area contributed by atoms with Gasteiger partial charge in [-0.15, -0.1) is 11.8 Å². The molecule has 0 aliphatic rings. The Morgan fingerprint density at radius 3 is 2.16 bits per heavy atom. The van der Waals surface area contributed by atoms with Crippen molar-refractivity contribution in [2.24, 2.45) is 0 Å². The number of nitriles is 1. The number of benzene rings is 1. The van der Waals surface area contributed by atoms with Crippen molar-refractivity contribution in [2.75, 3.05) is 27.6 Å². The zero-order valence-corrected chi connectivity index (χ0v) is 12.3. The van der Waals surface area contributed by atoms with Gasteiger partial charge in [0.2, 0.25) is 5.75 Å². The van der Waals surface area contributed by atoms with Crippen molar-refractivity contribution in [3.8, 4) is 23.3 Å². The van der Waals surface area contributed by atoms with E-state index in [0.29, 0.717) is 29.2 Å². The molecule has 1 rings (SSSR count). The van der Waals surface area contributed by atoms with Gasteiger partial charge < -0.3 is 14.2 Å². The molecule has 0 fully saturated rings. The van der Waals surface area contributed by atoms with Crippen LogP contribution in [-0.2, 0) is 6.42 Å². The topological polar surface area (TPSA) is 51.5 Å². The Morgan fingerprint density at radius 1 is 1.21 bits per heavy atom. The summed E-state index contributed by atoms with van der Waals surface area (Å²) in [5.74, 6) is 1.75. The van der Waals surface area contributed by atoms with Crippen molar-refractivity contribution in [1.82, 2.24) is 0 Å². The highest BCUT2D eigenvalue weighted by Gasteiger charge is 2.13. The van der Waals surface area contributed by atoms with E-state index >= 15 is 0 Å². The van der Waals surface area contributed by atoms with E-state index in [-0.39, 0.29) is 0 Å². The molecule has 1 aromatic carbocycles. The molecule has 0 heterocycles. The second-order valence-electron chi connectivity index (χ2n) is 3.70. The molecule has 5 heteroatoms. The number of hydrogen-bond donors (Lipinski definition) is 0. The number of hydrogen-bond acceptors (Lipinski definition) is 5. The van der Waals surface area contributed by atoms with Crippen LogP contribution in [0, 0.1) is 11.3 Å². The summed E-state index contributed by atoms with van der Waals surface area (Å²) in [4.78, 5) is 0. The van der Waals surface area contributed by atoms with E-state index in [1.165, 1.54) is 11.8 Å². The highest BCUT2D eigenvalue weighted by atomic mass is 32.2. The Balaban J connectivity index is 3.17. The van der Waals surface area contributed by atoms with E-state index in [4.69, 9.17) is 19.5 Å². The molecule has 0 spiro atoms. The van der Waals surface area contributed by atoms with Crippen LogP contribution in [0.5, 0.6) is 17.2 Å². The summed E-state index contributed by atoms with van der Waals surface area (Å²) in [5, 5.41) is 10.9. The lowest BCUT2D eigenvalue weighted by Gasteiger charge is -2.13. The number of thioether (sulfide) groups is 1. The van der Waals surface area contributed by atoms with Crippen LogP contribution < -0.4 is 14.2 Å². The van der Waals surface area contributed by atoms with E-state index < -0.39 is 0 Å². The van der Waals surface area contributed by atoms with E-state index in [1.807, 2.05) is 23.8 Å². The normalized spacial score (nSPS) is 10.8. The summed E-state index contributed by atoms with van der Waals surface area (Å²) in [6.45, 7) is 0. The third kappa shape index (κ3) is 3.83. The number of methoxy groups -OCH3 is 3. The molecule has 102 valence electrons. The molecule has 0 unspecified atom stereocenters. The van der Waals surface area contributed by atoms with Gasteiger partial charge in [0.15, 0.2) is 11.5 Å². The maximum Gasteiger partial charge on any atom is 0.203 e. The van der Waals surface area contributed by atoms with Crippen LogP contribution in [0.4, 0.5) is 0 Å². The van der Waals surface area contributed by atoms with Crippen molar-refractivity contribution < 1.29 is 14.2 Å². The average molecular weight is 279 g/mol. The van der Waals surface area contributed by atoms with Gasteiger partial charge in [0.1, 0.15) is 0 Å². The summed E-state index contributed by atoms with van der Waals surface area (Å²) in [7, 11) is 4.71. The summed E-state index contributed by atoms with van der Waals surface area (Å²) >= 11 is 1.51. The first-order valence-corrected chi connectivity index (χ1v) is 6.89. The van der Waals surface area contributed by atoms with Gasteiger partial charge in [0.25, 0.3) is 0 Å². The molecule has 0 aliphatic heterocycles. The first kappa shape index (κ1) is 15.3. The molecule has 0 N–H and O–H groups in total. The van der Waals surface area contributed by atoms with Gasteiger partial charge in [-0.1, -0.05) is 0 Å². The minimum Gasteiger partial charge on any atom is -0.493 e. The van der Waals surface area contributed by atoms with Gasteiger partial charge in [-0.3, -0.25) is 0 Å². The quantitative estimate of drug-likeness (QED) is 0.749. The highest BCUT2D eigenvalue weighted by molar-refractivity contribution is 8.01. The van der Waals surface area contributed by atoms with E-state index in [9.17, 15) is 0 Å². The monoisotopic (exact) mass is 279 g/mol. The molecule has 0 saturated heterocycles. The van der Waals surface area contributed by atoms with Crippen LogP contribution in [0.3, 0.4) is 0 Å². The third-order valence-corrected chi connectivity index (χ3v) is 3.04. The fourth-order valence-electron chi connectivity index (χ4n) is 1.71. The number of ether oxygens (including phenoxy) is 3. The minimum absolute atomic E-state index is 0.536. The van der Waals surface area contributed by atoms with E-state index in [1.54, 1.807) is 21.3 Å². The van der Waals surface area contributed by atoms with Gasteiger partial charge in [0, 0.05) is 12.0 Å².